The second-order valence-electron chi connectivity index (χ2n) is 5.12. The van der Waals surface area contributed by atoms with Crippen LogP contribution < -0.4 is 11.1 Å². The minimum atomic E-state index is 0.410. The average Bonchev–Trinajstić information content (AvgIpc) is 2.18. The first-order chi connectivity index (χ1) is 7.18. The molecular formula is C12H27N3. The first-order valence-corrected chi connectivity index (χ1v) is 6.37. The van der Waals surface area contributed by atoms with E-state index < -0.39 is 0 Å². The molecule has 0 aliphatic carbocycles. The normalized spacial score (nSPS) is 20.8. The monoisotopic (exact) mass is 213 g/mol. The molecule has 3 heteroatoms. The van der Waals surface area contributed by atoms with Crippen LogP contribution in [0, 0.1) is 5.92 Å². The molecule has 1 saturated heterocycles. The molecule has 0 aromatic rings. The van der Waals surface area contributed by atoms with Crippen LogP contribution in [0.15, 0.2) is 0 Å². The SMILES string of the molecule is CC(C)CC(N)CCCN1CCNCC1. The van der Waals surface area contributed by atoms with Crippen molar-refractivity contribution in [3.8, 4) is 0 Å². The highest BCUT2D eigenvalue weighted by Gasteiger charge is 2.10. The first kappa shape index (κ1) is 12.9. The van der Waals surface area contributed by atoms with E-state index in [1.807, 2.05) is 0 Å². The summed E-state index contributed by atoms with van der Waals surface area (Å²) in [4.78, 5) is 2.54. The second kappa shape index (κ2) is 7.20. The molecule has 1 aliphatic heterocycles. The van der Waals surface area contributed by atoms with Crippen molar-refractivity contribution >= 4 is 0 Å². The molecule has 1 atom stereocenters. The van der Waals surface area contributed by atoms with Gasteiger partial charge in [0.2, 0.25) is 0 Å². The maximum Gasteiger partial charge on any atom is 0.0107 e. The smallest absolute Gasteiger partial charge is 0.0107 e. The predicted octanol–water partition coefficient (Wildman–Crippen LogP) is 1.05. The third kappa shape index (κ3) is 6.13. The van der Waals surface area contributed by atoms with E-state index in [9.17, 15) is 0 Å². The minimum absolute atomic E-state index is 0.410. The molecule has 0 saturated carbocycles. The summed E-state index contributed by atoms with van der Waals surface area (Å²) in [7, 11) is 0. The summed E-state index contributed by atoms with van der Waals surface area (Å²) in [6.45, 7) is 10.4. The molecule has 3 nitrogen and oxygen atoms in total. The van der Waals surface area contributed by atoms with E-state index in [-0.39, 0.29) is 0 Å². The molecule has 0 aromatic carbocycles. The van der Waals surface area contributed by atoms with Crippen LogP contribution in [0.2, 0.25) is 0 Å². The van der Waals surface area contributed by atoms with Gasteiger partial charge in [-0.2, -0.15) is 0 Å². The Bertz CT molecular complexity index is 153. The largest absolute Gasteiger partial charge is 0.328 e. The molecule has 1 heterocycles. The Kier molecular flexibility index (Phi) is 6.22. The Balaban J connectivity index is 1.99. The van der Waals surface area contributed by atoms with Crippen LogP contribution in [0.5, 0.6) is 0 Å². The number of nitrogens with one attached hydrogen (secondary N) is 1. The Morgan fingerprint density at radius 2 is 1.93 bits per heavy atom. The molecule has 0 aromatic heterocycles. The Morgan fingerprint density at radius 3 is 2.53 bits per heavy atom. The summed E-state index contributed by atoms with van der Waals surface area (Å²) in [6, 6.07) is 0.410. The lowest BCUT2D eigenvalue weighted by Gasteiger charge is -2.27. The van der Waals surface area contributed by atoms with Gasteiger partial charge in [-0.15, -0.1) is 0 Å². The van der Waals surface area contributed by atoms with Gasteiger partial charge in [0, 0.05) is 32.2 Å². The van der Waals surface area contributed by atoms with Crippen LogP contribution in [0.25, 0.3) is 0 Å². The zero-order valence-electron chi connectivity index (χ0n) is 10.3. The quantitative estimate of drug-likeness (QED) is 0.693. The highest BCUT2D eigenvalue weighted by molar-refractivity contribution is 4.69. The fourth-order valence-electron chi connectivity index (χ4n) is 2.24. The van der Waals surface area contributed by atoms with E-state index in [1.54, 1.807) is 0 Å². The van der Waals surface area contributed by atoms with E-state index in [0.29, 0.717) is 6.04 Å². The maximum atomic E-state index is 6.06. The molecule has 1 rings (SSSR count). The number of nitrogens with zero attached hydrogens (tertiary/aromatic N) is 1. The number of nitrogens with two attached hydrogens (primary N) is 1. The predicted molar refractivity (Wildman–Crippen MR) is 66.0 cm³/mol. The van der Waals surface area contributed by atoms with Gasteiger partial charge in [-0.25, -0.2) is 0 Å². The summed E-state index contributed by atoms with van der Waals surface area (Å²) in [6.07, 6.45) is 3.61. The van der Waals surface area contributed by atoms with Crippen LogP contribution in [-0.2, 0) is 0 Å². The van der Waals surface area contributed by atoms with Gasteiger partial charge in [-0.3, -0.25) is 0 Å². The summed E-state index contributed by atoms with van der Waals surface area (Å²) in [5, 5.41) is 3.37. The molecule has 0 amide bonds. The topological polar surface area (TPSA) is 41.3 Å². The van der Waals surface area contributed by atoms with Crippen LogP contribution in [-0.4, -0.2) is 43.7 Å². The number of piperazine rings is 1. The molecule has 0 bridgehead atoms. The van der Waals surface area contributed by atoms with E-state index in [4.69, 9.17) is 5.73 Å². The zero-order chi connectivity index (χ0) is 11.1. The summed E-state index contributed by atoms with van der Waals surface area (Å²) in [5.74, 6) is 0.735. The van der Waals surface area contributed by atoms with Crippen molar-refractivity contribution in [2.75, 3.05) is 32.7 Å². The molecule has 0 radical (unpaired) electrons. The number of hydrogen-bond acceptors (Lipinski definition) is 3. The van der Waals surface area contributed by atoms with Crippen LogP contribution in [0.1, 0.15) is 33.1 Å². The van der Waals surface area contributed by atoms with E-state index in [2.05, 4.69) is 24.1 Å². The highest BCUT2D eigenvalue weighted by Crippen LogP contribution is 2.08. The van der Waals surface area contributed by atoms with Crippen LogP contribution in [0.4, 0.5) is 0 Å². The van der Waals surface area contributed by atoms with Gasteiger partial charge in [-0.05, 0) is 31.7 Å². The standard InChI is InChI=1S/C12H27N3/c1-11(2)10-12(13)4-3-7-15-8-5-14-6-9-15/h11-12,14H,3-10,13H2,1-2H3. The Morgan fingerprint density at radius 1 is 1.27 bits per heavy atom. The van der Waals surface area contributed by atoms with Gasteiger partial charge >= 0.3 is 0 Å². The second-order valence-corrected chi connectivity index (χ2v) is 5.12. The van der Waals surface area contributed by atoms with Crippen molar-refractivity contribution in [1.82, 2.24) is 10.2 Å². The molecule has 0 spiro atoms. The van der Waals surface area contributed by atoms with Gasteiger partial charge in [0.15, 0.2) is 0 Å². The Hall–Kier alpha value is -0.120. The molecule has 15 heavy (non-hydrogen) atoms. The average molecular weight is 213 g/mol. The number of rotatable bonds is 6. The molecule has 1 aliphatic rings. The molecular weight excluding hydrogens is 186 g/mol. The summed E-state index contributed by atoms with van der Waals surface area (Å²) >= 11 is 0. The van der Waals surface area contributed by atoms with Crippen molar-refractivity contribution in [3.63, 3.8) is 0 Å². The third-order valence-corrected chi connectivity index (χ3v) is 3.03. The zero-order valence-corrected chi connectivity index (χ0v) is 10.3. The van der Waals surface area contributed by atoms with E-state index in [1.165, 1.54) is 38.9 Å². The fourth-order valence-corrected chi connectivity index (χ4v) is 2.24. The number of hydrogen-bond donors (Lipinski definition) is 2. The van der Waals surface area contributed by atoms with Gasteiger partial charge < -0.3 is 16.0 Å². The lowest BCUT2D eigenvalue weighted by atomic mass is 10.0. The molecule has 1 unspecified atom stereocenters. The van der Waals surface area contributed by atoms with Crippen LogP contribution in [0.3, 0.4) is 0 Å². The van der Waals surface area contributed by atoms with Crippen molar-refractivity contribution in [1.29, 1.82) is 0 Å². The van der Waals surface area contributed by atoms with E-state index >= 15 is 0 Å². The summed E-state index contributed by atoms with van der Waals surface area (Å²) in [5.41, 5.74) is 6.06. The Labute approximate surface area is 94.4 Å². The highest BCUT2D eigenvalue weighted by atomic mass is 15.2. The molecule has 1 fully saturated rings. The van der Waals surface area contributed by atoms with Gasteiger partial charge in [-0.1, -0.05) is 13.8 Å². The van der Waals surface area contributed by atoms with Gasteiger partial charge in [0.05, 0.1) is 0 Å². The fraction of sp³-hybridized carbons (Fsp3) is 1.00. The van der Waals surface area contributed by atoms with Crippen LogP contribution >= 0.6 is 0 Å². The van der Waals surface area contributed by atoms with E-state index in [0.717, 1.165) is 19.0 Å². The third-order valence-electron chi connectivity index (χ3n) is 3.03. The maximum absolute atomic E-state index is 6.06. The summed E-state index contributed by atoms with van der Waals surface area (Å²) < 4.78 is 0. The van der Waals surface area contributed by atoms with Crippen molar-refractivity contribution in [2.45, 2.75) is 39.2 Å². The lowest BCUT2D eigenvalue weighted by Crippen LogP contribution is -2.43. The van der Waals surface area contributed by atoms with Crippen molar-refractivity contribution < 1.29 is 0 Å². The molecule has 90 valence electrons. The van der Waals surface area contributed by atoms with Crippen molar-refractivity contribution in [2.24, 2.45) is 11.7 Å². The minimum Gasteiger partial charge on any atom is -0.328 e. The first-order valence-electron chi connectivity index (χ1n) is 6.37. The molecule has 3 N–H and O–H groups in total. The lowest BCUT2D eigenvalue weighted by molar-refractivity contribution is 0.233. The van der Waals surface area contributed by atoms with Crippen molar-refractivity contribution in [3.05, 3.63) is 0 Å². The van der Waals surface area contributed by atoms with Gasteiger partial charge in [0.25, 0.3) is 0 Å². The van der Waals surface area contributed by atoms with Gasteiger partial charge in [0.1, 0.15) is 0 Å².